The molecule has 0 saturated heterocycles. The first-order valence-electron chi connectivity index (χ1n) is 10.5. The summed E-state index contributed by atoms with van der Waals surface area (Å²) in [6, 6.07) is 0. The molecule has 0 radical (unpaired) electrons. The van der Waals surface area contributed by atoms with Crippen molar-refractivity contribution in [1.29, 1.82) is 0 Å². The molecule has 0 N–H and O–H groups in total. The first kappa shape index (κ1) is 27.5. The Bertz CT molecular complexity index is 437. The molecule has 0 atom stereocenters. The van der Waals surface area contributed by atoms with E-state index in [9.17, 15) is 0 Å². The van der Waals surface area contributed by atoms with E-state index >= 15 is 0 Å². The highest BCUT2D eigenvalue weighted by atomic mass is 28.4. The van der Waals surface area contributed by atoms with Gasteiger partial charge >= 0.3 is 0 Å². The first-order valence-corrected chi connectivity index (χ1v) is 19.2. The molecule has 6 heteroatoms. The monoisotopic (exact) mass is 434 g/mol. The molecule has 0 bridgehead atoms. The molecule has 0 heterocycles. The molecular formula is C21H50O3Si3. The Labute approximate surface area is 174 Å². The maximum Gasteiger partial charge on any atom is 0.192 e. The van der Waals surface area contributed by atoms with Gasteiger partial charge in [-0.1, -0.05) is 62.3 Å². The molecule has 0 aliphatic rings. The summed E-state index contributed by atoms with van der Waals surface area (Å²) in [6.07, 6.45) is 0.00846. The van der Waals surface area contributed by atoms with Crippen LogP contribution in [0, 0.1) is 0 Å². The van der Waals surface area contributed by atoms with Crippen LogP contribution in [-0.2, 0) is 13.3 Å². The van der Waals surface area contributed by atoms with Crippen LogP contribution in [0.25, 0.3) is 0 Å². The first-order chi connectivity index (χ1) is 11.5. The third kappa shape index (κ3) is 8.05. The van der Waals surface area contributed by atoms with Crippen molar-refractivity contribution in [3.05, 3.63) is 0 Å². The van der Waals surface area contributed by atoms with Gasteiger partial charge in [-0.2, -0.15) is 0 Å². The van der Waals surface area contributed by atoms with Gasteiger partial charge in [0, 0.05) is 0 Å². The molecule has 0 unspecified atom stereocenters. The summed E-state index contributed by atoms with van der Waals surface area (Å²) in [4.78, 5) is 0. The van der Waals surface area contributed by atoms with Crippen molar-refractivity contribution in [3.63, 3.8) is 0 Å². The molecule has 0 aliphatic carbocycles. The number of hydrogen-bond acceptors (Lipinski definition) is 3. The number of rotatable bonds is 8. The highest BCUT2D eigenvalue weighted by Gasteiger charge is 2.43. The normalized spacial score (nSPS) is 15.6. The zero-order valence-corrected chi connectivity index (χ0v) is 24.2. The van der Waals surface area contributed by atoms with Gasteiger partial charge in [0.05, 0.1) is 19.3 Å². The summed E-state index contributed by atoms with van der Waals surface area (Å²) >= 11 is 0. The van der Waals surface area contributed by atoms with Gasteiger partial charge < -0.3 is 13.3 Å². The van der Waals surface area contributed by atoms with Crippen LogP contribution >= 0.6 is 0 Å². The van der Waals surface area contributed by atoms with Crippen molar-refractivity contribution in [2.24, 2.45) is 0 Å². The van der Waals surface area contributed by atoms with Gasteiger partial charge in [0.1, 0.15) is 0 Å². The molecular weight excluding hydrogens is 384 g/mol. The number of hydrogen-bond donors (Lipinski definition) is 0. The van der Waals surface area contributed by atoms with E-state index in [1.165, 1.54) is 0 Å². The lowest BCUT2D eigenvalue weighted by Crippen LogP contribution is -2.51. The second-order valence-corrected chi connectivity index (χ2v) is 27.0. The molecule has 27 heavy (non-hydrogen) atoms. The van der Waals surface area contributed by atoms with Crippen molar-refractivity contribution in [2.45, 2.75) is 123 Å². The summed E-state index contributed by atoms with van der Waals surface area (Å²) in [5, 5.41) is 0.586. The quantitative estimate of drug-likeness (QED) is 0.372. The highest BCUT2D eigenvalue weighted by Crippen LogP contribution is 2.40. The van der Waals surface area contributed by atoms with Crippen molar-refractivity contribution in [2.75, 3.05) is 13.2 Å². The minimum Gasteiger partial charge on any atom is -0.414 e. The fraction of sp³-hybridized carbons (Fsp3) is 1.00. The smallest absolute Gasteiger partial charge is 0.192 e. The molecule has 0 fully saturated rings. The van der Waals surface area contributed by atoms with Crippen LogP contribution in [0.2, 0.25) is 54.4 Å². The third-order valence-corrected chi connectivity index (χ3v) is 20.7. The Hall–Kier alpha value is 0.531. The molecule has 0 rings (SSSR count). The summed E-state index contributed by atoms with van der Waals surface area (Å²) in [5.41, 5.74) is 0. The van der Waals surface area contributed by atoms with Crippen LogP contribution in [0.4, 0.5) is 0 Å². The predicted molar refractivity (Wildman–Crippen MR) is 128 cm³/mol. The molecule has 164 valence electrons. The second-order valence-electron chi connectivity index (χ2n) is 12.6. The van der Waals surface area contributed by atoms with Gasteiger partial charge in [-0.15, -0.1) is 0 Å². The average molecular weight is 435 g/mol. The zero-order valence-electron chi connectivity index (χ0n) is 21.2. The lowest BCUT2D eigenvalue weighted by Gasteiger charge is -2.43. The van der Waals surface area contributed by atoms with Crippen LogP contribution in [0.3, 0.4) is 0 Å². The van der Waals surface area contributed by atoms with Crippen LogP contribution in [-0.4, -0.2) is 44.3 Å². The van der Waals surface area contributed by atoms with E-state index in [1.54, 1.807) is 0 Å². The minimum absolute atomic E-state index is 0.00846. The molecule has 0 saturated carbocycles. The maximum atomic E-state index is 6.75. The summed E-state index contributed by atoms with van der Waals surface area (Å²) in [7, 11) is -5.50. The Morgan fingerprint density at radius 1 is 0.519 bits per heavy atom. The van der Waals surface area contributed by atoms with Gasteiger partial charge in [0.2, 0.25) is 0 Å². The Morgan fingerprint density at radius 2 is 0.778 bits per heavy atom. The van der Waals surface area contributed by atoms with Crippen molar-refractivity contribution in [1.82, 2.24) is 0 Å². The van der Waals surface area contributed by atoms with Gasteiger partial charge in [-0.3, -0.25) is 0 Å². The van der Waals surface area contributed by atoms with Crippen molar-refractivity contribution in [3.8, 4) is 0 Å². The Balaban J connectivity index is 5.35. The van der Waals surface area contributed by atoms with Gasteiger partial charge in [0.15, 0.2) is 25.0 Å². The Kier molecular flexibility index (Phi) is 8.89. The minimum atomic E-state index is -1.88. The molecule has 0 aromatic rings. The SMILES string of the molecule is CC(C)(C)[Si](C)(C)OCC(CO[Si](C)(C)C(C)(C)C)O[Si](C)(C)C(C)(C)C. The van der Waals surface area contributed by atoms with E-state index in [2.05, 4.69) is 102 Å². The summed E-state index contributed by atoms with van der Waals surface area (Å²) < 4.78 is 19.8. The van der Waals surface area contributed by atoms with Crippen LogP contribution in [0.5, 0.6) is 0 Å². The highest BCUT2D eigenvalue weighted by molar-refractivity contribution is 6.75. The summed E-state index contributed by atoms with van der Waals surface area (Å²) in [5.74, 6) is 0. The fourth-order valence-corrected chi connectivity index (χ4v) is 5.14. The van der Waals surface area contributed by atoms with Crippen LogP contribution in [0.1, 0.15) is 62.3 Å². The molecule has 0 aromatic heterocycles. The standard InChI is InChI=1S/C21H50O3Si3/c1-19(2,3)25(10,11)22-16-18(24-27(14,15)21(7,8)9)17-23-26(12,13)20(4,5)6/h18H,16-17H2,1-15H3. The van der Waals surface area contributed by atoms with Crippen molar-refractivity contribution >= 4 is 25.0 Å². The maximum absolute atomic E-state index is 6.75. The van der Waals surface area contributed by atoms with E-state index < -0.39 is 25.0 Å². The van der Waals surface area contributed by atoms with Gasteiger partial charge in [0.25, 0.3) is 0 Å². The third-order valence-electron chi connectivity index (χ3n) is 7.14. The average Bonchev–Trinajstić information content (AvgIpc) is 2.37. The topological polar surface area (TPSA) is 27.7 Å². The summed E-state index contributed by atoms with van der Waals surface area (Å²) in [6.45, 7) is 35.7. The predicted octanol–water partition coefficient (Wildman–Crippen LogP) is 7.42. The van der Waals surface area contributed by atoms with E-state index in [0.717, 1.165) is 0 Å². The molecule has 0 aromatic carbocycles. The van der Waals surface area contributed by atoms with E-state index in [1.807, 2.05) is 0 Å². The molecule has 0 amide bonds. The van der Waals surface area contributed by atoms with E-state index in [-0.39, 0.29) is 21.2 Å². The van der Waals surface area contributed by atoms with E-state index in [4.69, 9.17) is 13.3 Å². The lowest BCUT2D eigenvalue weighted by atomic mass is 10.2. The van der Waals surface area contributed by atoms with Gasteiger partial charge in [-0.25, -0.2) is 0 Å². The Morgan fingerprint density at radius 3 is 1.00 bits per heavy atom. The molecule has 3 nitrogen and oxygen atoms in total. The molecule has 0 spiro atoms. The van der Waals surface area contributed by atoms with Gasteiger partial charge in [-0.05, 0) is 54.4 Å². The fourth-order valence-electron chi connectivity index (χ4n) is 1.75. The van der Waals surface area contributed by atoms with Crippen molar-refractivity contribution < 1.29 is 13.3 Å². The van der Waals surface area contributed by atoms with Crippen LogP contribution < -0.4 is 0 Å². The zero-order chi connectivity index (χ0) is 22.1. The van der Waals surface area contributed by atoms with Crippen LogP contribution in [0.15, 0.2) is 0 Å². The lowest BCUT2D eigenvalue weighted by molar-refractivity contribution is 0.0605. The molecule has 0 aliphatic heterocycles. The second kappa shape index (κ2) is 8.72. The van der Waals surface area contributed by atoms with E-state index in [0.29, 0.717) is 13.2 Å². The largest absolute Gasteiger partial charge is 0.414 e.